The number of halogens is 1. The molecule has 2 atom stereocenters. The van der Waals surface area contributed by atoms with E-state index in [0.29, 0.717) is 0 Å². The van der Waals surface area contributed by atoms with Crippen molar-refractivity contribution in [3.63, 3.8) is 0 Å². The van der Waals surface area contributed by atoms with Crippen molar-refractivity contribution in [3.05, 3.63) is 51.3 Å². The minimum absolute atomic E-state index is 0.0522. The SMILES string of the molecule is COc1c(Cl)ccc2oc3cc4c(c(O)c3c(=O)c12)[C@]1(O)C=COC1O4. The van der Waals surface area contributed by atoms with Crippen LogP contribution < -0.4 is 14.9 Å². The normalized spacial score (nSPS) is 23.0. The van der Waals surface area contributed by atoms with Crippen LogP contribution in [0.3, 0.4) is 0 Å². The zero-order valence-corrected chi connectivity index (χ0v) is 14.0. The molecular weight excluding hydrogens is 364 g/mol. The van der Waals surface area contributed by atoms with E-state index in [1.807, 2.05) is 0 Å². The standard InChI is InChI=1S/C18H11ClO7/c1-23-16-7(19)2-3-8-12(16)14(20)11-9(25-8)6-10-13(15(11)21)18(22)4-5-24-17(18)26-10/h2-6,17,21-22H,1H3/t17?,18-/m1/s1. The maximum atomic E-state index is 13.1. The third-order valence-electron chi connectivity index (χ3n) is 4.70. The minimum Gasteiger partial charge on any atom is -0.506 e. The van der Waals surface area contributed by atoms with E-state index in [9.17, 15) is 15.0 Å². The Balaban J connectivity index is 1.95. The van der Waals surface area contributed by atoms with Crippen LogP contribution in [0.1, 0.15) is 5.56 Å². The van der Waals surface area contributed by atoms with Gasteiger partial charge in [-0.15, -0.1) is 0 Å². The fourth-order valence-corrected chi connectivity index (χ4v) is 3.75. The van der Waals surface area contributed by atoms with E-state index < -0.39 is 23.1 Å². The summed E-state index contributed by atoms with van der Waals surface area (Å²) in [5.74, 6) is -0.109. The molecule has 2 N–H and O–H groups in total. The summed E-state index contributed by atoms with van der Waals surface area (Å²) < 4.78 is 21.7. The number of fused-ring (bicyclic) bond motifs is 5. The molecule has 0 spiro atoms. The van der Waals surface area contributed by atoms with E-state index in [1.165, 1.54) is 25.5 Å². The molecular formula is C18H11ClO7. The molecule has 132 valence electrons. The molecule has 1 unspecified atom stereocenters. The summed E-state index contributed by atoms with van der Waals surface area (Å²) in [5.41, 5.74) is -1.81. The Kier molecular flexibility index (Phi) is 2.86. The zero-order chi connectivity index (χ0) is 18.2. The van der Waals surface area contributed by atoms with Gasteiger partial charge in [0.05, 0.1) is 24.0 Å². The molecule has 2 aliphatic rings. The van der Waals surface area contributed by atoms with Crippen molar-refractivity contribution in [3.8, 4) is 17.2 Å². The average molecular weight is 375 g/mol. The molecule has 26 heavy (non-hydrogen) atoms. The van der Waals surface area contributed by atoms with Gasteiger partial charge in [0.15, 0.2) is 11.4 Å². The van der Waals surface area contributed by atoms with Crippen LogP contribution in [0.2, 0.25) is 5.02 Å². The number of phenolic OH excluding ortho intramolecular Hbond substituents is 1. The van der Waals surface area contributed by atoms with Crippen LogP contribution in [0.4, 0.5) is 0 Å². The van der Waals surface area contributed by atoms with Crippen molar-refractivity contribution < 1.29 is 28.8 Å². The van der Waals surface area contributed by atoms with Crippen LogP contribution in [-0.4, -0.2) is 23.6 Å². The number of aliphatic hydroxyl groups is 1. The number of rotatable bonds is 1. The van der Waals surface area contributed by atoms with Crippen molar-refractivity contribution in [2.24, 2.45) is 0 Å². The molecule has 0 radical (unpaired) electrons. The Morgan fingerprint density at radius 3 is 2.85 bits per heavy atom. The maximum Gasteiger partial charge on any atom is 0.277 e. The second-order valence-corrected chi connectivity index (χ2v) is 6.48. The molecule has 1 aromatic heterocycles. The molecule has 2 aromatic carbocycles. The zero-order valence-electron chi connectivity index (χ0n) is 13.3. The molecule has 0 amide bonds. The summed E-state index contributed by atoms with van der Waals surface area (Å²) >= 11 is 6.10. The summed E-state index contributed by atoms with van der Waals surface area (Å²) in [6.07, 6.45) is 1.60. The van der Waals surface area contributed by atoms with Crippen LogP contribution in [0.5, 0.6) is 17.2 Å². The van der Waals surface area contributed by atoms with Gasteiger partial charge < -0.3 is 28.8 Å². The fourth-order valence-electron chi connectivity index (χ4n) is 3.51. The first-order valence-corrected chi connectivity index (χ1v) is 8.05. The number of hydrogen-bond acceptors (Lipinski definition) is 7. The summed E-state index contributed by atoms with van der Waals surface area (Å²) in [6.45, 7) is 0. The van der Waals surface area contributed by atoms with Crippen LogP contribution in [-0.2, 0) is 10.3 Å². The average Bonchev–Trinajstić information content (AvgIpc) is 3.08. The Bertz CT molecular complexity index is 1200. The number of methoxy groups -OCH3 is 1. The van der Waals surface area contributed by atoms with Gasteiger partial charge >= 0.3 is 0 Å². The summed E-state index contributed by atoms with van der Waals surface area (Å²) in [5, 5.41) is 21.8. The van der Waals surface area contributed by atoms with Gasteiger partial charge in [-0.3, -0.25) is 4.79 Å². The summed E-state index contributed by atoms with van der Waals surface area (Å²) in [6, 6.07) is 4.53. The van der Waals surface area contributed by atoms with Gasteiger partial charge in [-0.25, -0.2) is 0 Å². The van der Waals surface area contributed by atoms with Crippen molar-refractivity contribution in [2.75, 3.05) is 7.11 Å². The maximum absolute atomic E-state index is 13.1. The lowest BCUT2D eigenvalue weighted by Crippen LogP contribution is -2.33. The quantitative estimate of drug-likeness (QED) is 0.632. The van der Waals surface area contributed by atoms with E-state index in [4.69, 9.17) is 30.2 Å². The highest BCUT2D eigenvalue weighted by Gasteiger charge is 2.53. The van der Waals surface area contributed by atoms with Crippen molar-refractivity contribution in [2.45, 2.75) is 11.9 Å². The molecule has 0 fully saturated rings. The molecule has 3 aromatic rings. The van der Waals surface area contributed by atoms with E-state index in [-0.39, 0.29) is 44.0 Å². The number of ether oxygens (including phenoxy) is 3. The van der Waals surface area contributed by atoms with Gasteiger partial charge in [0.25, 0.3) is 6.29 Å². The largest absolute Gasteiger partial charge is 0.506 e. The van der Waals surface area contributed by atoms with E-state index in [0.717, 1.165) is 0 Å². The summed E-state index contributed by atoms with van der Waals surface area (Å²) in [7, 11) is 1.38. The Morgan fingerprint density at radius 2 is 2.08 bits per heavy atom. The molecule has 2 aliphatic heterocycles. The molecule has 0 saturated heterocycles. The lowest BCUT2D eigenvalue weighted by Gasteiger charge is -2.18. The molecule has 0 bridgehead atoms. The smallest absolute Gasteiger partial charge is 0.277 e. The summed E-state index contributed by atoms with van der Waals surface area (Å²) in [4.78, 5) is 13.1. The van der Waals surface area contributed by atoms with Gasteiger partial charge in [0.1, 0.15) is 33.4 Å². The van der Waals surface area contributed by atoms with Gasteiger partial charge in [0.2, 0.25) is 5.43 Å². The van der Waals surface area contributed by atoms with Gasteiger partial charge in [-0.1, -0.05) is 11.6 Å². The predicted octanol–water partition coefficient (Wildman–Crippen LogP) is 2.76. The number of phenols is 1. The highest BCUT2D eigenvalue weighted by molar-refractivity contribution is 6.33. The van der Waals surface area contributed by atoms with Gasteiger partial charge in [-0.05, 0) is 18.2 Å². The fraction of sp³-hybridized carbons (Fsp3) is 0.167. The predicted molar refractivity (Wildman–Crippen MR) is 91.8 cm³/mol. The third-order valence-corrected chi connectivity index (χ3v) is 4.99. The highest BCUT2D eigenvalue weighted by atomic mass is 35.5. The third kappa shape index (κ3) is 1.69. The lowest BCUT2D eigenvalue weighted by atomic mass is 9.93. The second kappa shape index (κ2) is 4.84. The van der Waals surface area contributed by atoms with Gasteiger partial charge in [-0.2, -0.15) is 0 Å². The second-order valence-electron chi connectivity index (χ2n) is 6.07. The van der Waals surface area contributed by atoms with Crippen LogP contribution in [0.15, 0.2) is 39.7 Å². The number of benzene rings is 2. The van der Waals surface area contributed by atoms with Crippen LogP contribution >= 0.6 is 11.6 Å². The number of aromatic hydroxyl groups is 1. The van der Waals surface area contributed by atoms with Crippen LogP contribution in [0, 0.1) is 0 Å². The Labute approximate surface area is 150 Å². The molecule has 3 heterocycles. The van der Waals surface area contributed by atoms with Crippen LogP contribution in [0.25, 0.3) is 21.9 Å². The first kappa shape index (κ1) is 15.4. The van der Waals surface area contributed by atoms with Crippen molar-refractivity contribution in [1.29, 1.82) is 0 Å². The van der Waals surface area contributed by atoms with E-state index in [2.05, 4.69) is 0 Å². The Morgan fingerprint density at radius 1 is 1.27 bits per heavy atom. The lowest BCUT2D eigenvalue weighted by molar-refractivity contribution is -0.110. The first-order valence-electron chi connectivity index (χ1n) is 7.67. The molecule has 5 rings (SSSR count). The van der Waals surface area contributed by atoms with E-state index >= 15 is 0 Å². The van der Waals surface area contributed by atoms with Crippen molar-refractivity contribution >= 4 is 33.5 Å². The van der Waals surface area contributed by atoms with Gasteiger partial charge in [0, 0.05) is 6.07 Å². The topological polar surface area (TPSA) is 98.4 Å². The highest BCUT2D eigenvalue weighted by Crippen LogP contribution is 2.52. The molecule has 0 saturated carbocycles. The first-order chi connectivity index (χ1) is 12.5. The minimum atomic E-state index is -1.69. The Hall–Kier alpha value is -2.90. The molecule has 8 heteroatoms. The molecule has 7 nitrogen and oxygen atoms in total. The monoisotopic (exact) mass is 374 g/mol. The van der Waals surface area contributed by atoms with E-state index in [1.54, 1.807) is 12.1 Å². The van der Waals surface area contributed by atoms with Crippen molar-refractivity contribution in [1.82, 2.24) is 0 Å². The number of hydrogen-bond donors (Lipinski definition) is 2. The molecule has 0 aliphatic carbocycles.